The summed E-state index contributed by atoms with van der Waals surface area (Å²) in [5, 5.41) is 3.95. The molecule has 1 nitrogen and oxygen atoms in total. The van der Waals surface area contributed by atoms with E-state index >= 15 is 0 Å². The monoisotopic (exact) mass is 341 g/mol. The molecule has 0 heterocycles. The molecule has 2 aromatic carbocycles. The predicted octanol–water partition coefficient (Wildman–Crippen LogP) is 4.97. The third-order valence-electron chi connectivity index (χ3n) is 2.43. The minimum Gasteiger partial charge on any atom is -0.316 e. The molecule has 0 bridgehead atoms. The van der Waals surface area contributed by atoms with Crippen molar-refractivity contribution in [3.05, 3.63) is 57.5 Å². The first-order valence-electron chi connectivity index (χ1n) is 5.55. The van der Waals surface area contributed by atoms with Gasteiger partial charge < -0.3 is 5.32 Å². The SMILES string of the molecule is CNCc1cc(Cl)ccc1Sc1ccc(Br)cc1. The molecule has 2 aromatic rings. The number of nitrogens with one attached hydrogen (secondary N) is 1. The molecule has 0 amide bonds. The summed E-state index contributed by atoms with van der Waals surface area (Å²) in [4.78, 5) is 2.45. The summed E-state index contributed by atoms with van der Waals surface area (Å²) >= 11 is 11.2. The van der Waals surface area contributed by atoms with Crippen LogP contribution >= 0.6 is 39.3 Å². The summed E-state index contributed by atoms with van der Waals surface area (Å²) in [6.45, 7) is 0.819. The first kappa shape index (κ1) is 13.9. The third kappa shape index (κ3) is 3.75. The Morgan fingerprint density at radius 2 is 1.89 bits per heavy atom. The van der Waals surface area contributed by atoms with Crippen molar-refractivity contribution in [3.8, 4) is 0 Å². The molecule has 0 aromatic heterocycles. The van der Waals surface area contributed by atoms with Gasteiger partial charge in [0.25, 0.3) is 0 Å². The molecular weight excluding hydrogens is 330 g/mol. The molecule has 4 heteroatoms. The predicted molar refractivity (Wildman–Crippen MR) is 82.5 cm³/mol. The molecule has 94 valence electrons. The maximum Gasteiger partial charge on any atom is 0.0410 e. The number of hydrogen-bond donors (Lipinski definition) is 1. The lowest BCUT2D eigenvalue weighted by molar-refractivity contribution is 0.803. The average Bonchev–Trinajstić information content (AvgIpc) is 2.36. The van der Waals surface area contributed by atoms with Crippen molar-refractivity contribution in [2.45, 2.75) is 16.3 Å². The van der Waals surface area contributed by atoms with Crippen molar-refractivity contribution in [2.75, 3.05) is 7.05 Å². The van der Waals surface area contributed by atoms with Crippen molar-refractivity contribution in [1.29, 1.82) is 0 Å². The van der Waals surface area contributed by atoms with E-state index in [0.717, 1.165) is 16.0 Å². The summed E-state index contributed by atoms with van der Waals surface area (Å²) in [5.41, 5.74) is 1.22. The zero-order chi connectivity index (χ0) is 13.0. The molecule has 18 heavy (non-hydrogen) atoms. The molecule has 0 spiro atoms. The Hall–Kier alpha value is -0.480. The van der Waals surface area contributed by atoms with E-state index in [-0.39, 0.29) is 0 Å². The minimum atomic E-state index is 0.778. The zero-order valence-corrected chi connectivity index (χ0v) is 13.1. The van der Waals surface area contributed by atoms with Gasteiger partial charge in [-0.25, -0.2) is 0 Å². The number of hydrogen-bond acceptors (Lipinski definition) is 2. The summed E-state index contributed by atoms with van der Waals surface area (Å²) < 4.78 is 1.10. The van der Waals surface area contributed by atoms with Crippen LogP contribution in [0, 0.1) is 0 Å². The molecule has 0 aliphatic rings. The maximum absolute atomic E-state index is 6.03. The van der Waals surface area contributed by atoms with E-state index in [0.29, 0.717) is 0 Å². The van der Waals surface area contributed by atoms with Gasteiger partial charge in [0, 0.05) is 25.8 Å². The Balaban J connectivity index is 2.25. The first-order chi connectivity index (χ1) is 8.69. The van der Waals surface area contributed by atoms with Gasteiger partial charge in [0.1, 0.15) is 0 Å². The summed E-state index contributed by atoms with van der Waals surface area (Å²) in [6.07, 6.45) is 0. The second-order valence-electron chi connectivity index (χ2n) is 3.84. The number of halogens is 2. The van der Waals surface area contributed by atoms with Gasteiger partial charge in [-0.05, 0) is 55.1 Å². The van der Waals surface area contributed by atoms with Gasteiger partial charge in [0.2, 0.25) is 0 Å². The van der Waals surface area contributed by atoms with Crippen LogP contribution in [-0.2, 0) is 6.54 Å². The van der Waals surface area contributed by atoms with Crippen molar-refractivity contribution >= 4 is 39.3 Å². The van der Waals surface area contributed by atoms with Crippen molar-refractivity contribution in [3.63, 3.8) is 0 Å². The van der Waals surface area contributed by atoms with Crippen molar-refractivity contribution in [1.82, 2.24) is 5.32 Å². The molecule has 0 atom stereocenters. The highest BCUT2D eigenvalue weighted by Gasteiger charge is 2.05. The molecule has 0 saturated carbocycles. The van der Waals surface area contributed by atoms with E-state index in [9.17, 15) is 0 Å². The van der Waals surface area contributed by atoms with Crippen LogP contribution < -0.4 is 5.32 Å². The van der Waals surface area contributed by atoms with Gasteiger partial charge >= 0.3 is 0 Å². The maximum atomic E-state index is 6.03. The van der Waals surface area contributed by atoms with Gasteiger partial charge in [-0.3, -0.25) is 0 Å². The Kier molecular flexibility index (Phi) is 5.13. The minimum absolute atomic E-state index is 0.778. The summed E-state index contributed by atoms with van der Waals surface area (Å²) in [7, 11) is 1.94. The van der Waals surface area contributed by atoms with Crippen LogP contribution in [0.3, 0.4) is 0 Å². The van der Waals surface area contributed by atoms with Crippen LogP contribution in [0.25, 0.3) is 0 Å². The van der Waals surface area contributed by atoms with Crippen LogP contribution in [-0.4, -0.2) is 7.05 Å². The van der Waals surface area contributed by atoms with E-state index < -0.39 is 0 Å². The fourth-order valence-corrected chi connectivity index (χ4v) is 2.99. The summed E-state index contributed by atoms with van der Waals surface area (Å²) in [5.74, 6) is 0. The number of benzene rings is 2. The van der Waals surface area contributed by atoms with Gasteiger partial charge in [-0.15, -0.1) is 0 Å². The Labute approximate surface area is 125 Å². The Bertz CT molecular complexity index is 528. The van der Waals surface area contributed by atoms with E-state index in [1.54, 1.807) is 11.8 Å². The van der Waals surface area contributed by atoms with Gasteiger partial charge in [-0.1, -0.05) is 39.3 Å². The van der Waals surface area contributed by atoms with Crippen LogP contribution in [0.15, 0.2) is 56.7 Å². The van der Waals surface area contributed by atoms with Crippen LogP contribution in [0.4, 0.5) is 0 Å². The Morgan fingerprint density at radius 3 is 2.56 bits per heavy atom. The third-order valence-corrected chi connectivity index (χ3v) is 4.32. The molecule has 2 rings (SSSR count). The second-order valence-corrected chi connectivity index (χ2v) is 6.31. The smallest absolute Gasteiger partial charge is 0.0410 e. The van der Waals surface area contributed by atoms with Gasteiger partial charge in [0.15, 0.2) is 0 Å². The standard InChI is InChI=1S/C14H13BrClNS/c1-17-9-10-8-12(16)4-7-14(10)18-13-5-2-11(15)3-6-13/h2-8,17H,9H2,1H3. The normalized spacial score (nSPS) is 10.6. The number of rotatable bonds is 4. The van der Waals surface area contributed by atoms with E-state index in [1.165, 1.54) is 15.4 Å². The largest absolute Gasteiger partial charge is 0.316 e. The Morgan fingerprint density at radius 1 is 1.17 bits per heavy atom. The highest BCUT2D eigenvalue weighted by molar-refractivity contribution is 9.10. The lowest BCUT2D eigenvalue weighted by Crippen LogP contribution is -2.06. The van der Waals surface area contributed by atoms with E-state index in [4.69, 9.17) is 11.6 Å². The van der Waals surface area contributed by atoms with Gasteiger partial charge in [0.05, 0.1) is 0 Å². The molecule has 0 unspecified atom stereocenters. The van der Waals surface area contributed by atoms with Crippen LogP contribution in [0.2, 0.25) is 5.02 Å². The molecule has 0 fully saturated rings. The summed E-state index contributed by atoms with van der Waals surface area (Å²) in [6, 6.07) is 14.3. The van der Waals surface area contributed by atoms with Crippen LogP contribution in [0.5, 0.6) is 0 Å². The zero-order valence-electron chi connectivity index (χ0n) is 9.91. The van der Waals surface area contributed by atoms with Crippen molar-refractivity contribution in [2.24, 2.45) is 0 Å². The second kappa shape index (κ2) is 6.62. The highest BCUT2D eigenvalue weighted by atomic mass is 79.9. The average molecular weight is 343 g/mol. The highest BCUT2D eigenvalue weighted by Crippen LogP contribution is 2.32. The molecule has 0 aliphatic carbocycles. The quantitative estimate of drug-likeness (QED) is 0.841. The van der Waals surface area contributed by atoms with Gasteiger partial charge in [-0.2, -0.15) is 0 Å². The molecule has 1 N–H and O–H groups in total. The fraction of sp³-hybridized carbons (Fsp3) is 0.143. The molecular formula is C14H13BrClNS. The molecule has 0 radical (unpaired) electrons. The van der Waals surface area contributed by atoms with E-state index in [1.807, 2.05) is 19.2 Å². The fourth-order valence-electron chi connectivity index (χ4n) is 1.61. The topological polar surface area (TPSA) is 12.0 Å². The first-order valence-corrected chi connectivity index (χ1v) is 7.54. The lowest BCUT2D eigenvalue weighted by Gasteiger charge is -2.09. The lowest BCUT2D eigenvalue weighted by atomic mass is 10.2. The van der Waals surface area contributed by atoms with E-state index in [2.05, 4.69) is 51.6 Å². The van der Waals surface area contributed by atoms with Crippen LogP contribution in [0.1, 0.15) is 5.56 Å². The molecule has 0 saturated heterocycles. The molecule has 0 aliphatic heterocycles. The van der Waals surface area contributed by atoms with Crippen molar-refractivity contribution < 1.29 is 0 Å².